The number of unbranched alkanes of at least 4 members (excludes halogenated alkanes) is 23. The maximum atomic E-state index is 12.4. The van der Waals surface area contributed by atoms with Gasteiger partial charge < -0.3 is 20.6 Å². The molecule has 0 radical (unpaired) electrons. The van der Waals surface area contributed by atoms with Crippen molar-refractivity contribution >= 4 is 5.91 Å². The summed E-state index contributed by atoms with van der Waals surface area (Å²) in [6, 6.07) is -0.797. The average molecular weight is 608 g/mol. The lowest BCUT2D eigenvalue weighted by atomic mass is 10.0. The van der Waals surface area contributed by atoms with E-state index in [1.54, 1.807) is 6.08 Å². The van der Waals surface area contributed by atoms with E-state index in [9.17, 15) is 20.1 Å². The quantitative estimate of drug-likeness (QED) is 0.0441. The third-order valence-electron chi connectivity index (χ3n) is 8.54. The SMILES string of the molecule is CCCCCCCC/C=C\CCCCCCC/C=C/[C@@H](O)[C@H](CO)NC(=O)[C@H](O)CCCCCCCCCCCCCC. The van der Waals surface area contributed by atoms with E-state index in [1.807, 2.05) is 6.08 Å². The molecule has 0 aromatic rings. The lowest BCUT2D eigenvalue weighted by molar-refractivity contribution is -0.131. The number of hydrogen-bond donors (Lipinski definition) is 4. The smallest absolute Gasteiger partial charge is 0.249 e. The van der Waals surface area contributed by atoms with Gasteiger partial charge in [0.2, 0.25) is 5.91 Å². The first-order valence-corrected chi connectivity index (χ1v) is 18.7. The van der Waals surface area contributed by atoms with Crippen LogP contribution in [0.3, 0.4) is 0 Å². The van der Waals surface area contributed by atoms with E-state index in [1.165, 1.54) is 135 Å². The first-order valence-electron chi connectivity index (χ1n) is 18.7. The van der Waals surface area contributed by atoms with Gasteiger partial charge in [0.1, 0.15) is 6.10 Å². The summed E-state index contributed by atoms with van der Waals surface area (Å²) >= 11 is 0. The molecule has 0 rings (SSSR count). The molecule has 0 aliphatic rings. The van der Waals surface area contributed by atoms with Gasteiger partial charge in [-0.25, -0.2) is 0 Å². The van der Waals surface area contributed by atoms with Gasteiger partial charge in [-0.15, -0.1) is 0 Å². The summed E-state index contributed by atoms with van der Waals surface area (Å²) < 4.78 is 0. The fourth-order valence-corrected chi connectivity index (χ4v) is 5.53. The number of hydrogen-bond acceptors (Lipinski definition) is 4. The molecule has 0 spiro atoms. The lowest BCUT2D eigenvalue weighted by Crippen LogP contribution is -2.48. The third-order valence-corrected chi connectivity index (χ3v) is 8.54. The Hall–Kier alpha value is -1.17. The van der Waals surface area contributed by atoms with E-state index in [2.05, 4.69) is 31.3 Å². The summed E-state index contributed by atoms with van der Waals surface area (Å²) in [5.74, 6) is -0.508. The largest absolute Gasteiger partial charge is 0.394 e. The number of nitrogens with one attached hydrogen (secondary N) is 1. The molecule has 254 valence electrons. The zero-order chi connectivity index (χ0) is 31.6. The predicted octanol–water partition coefficient (Wildman–Crippen LogP) is 9.87. The van der Waals surface area contributed by atoms with Crippen molar-refractivity contribution in [3.63, 3.8) is 0 Å². The molecular formula is C38H73NO4. The van der Waals surface area contributed by atoms with Crippen molar-refractivity contribution in [1.82, 2.24) is 5.32 Å². The highest BCUT2D eigenvalue weighted by Crippen LogP contribution is 2.14. The van der Waals surface area contributed by atoms with Crippen molar-refractivity contribution in [3.8, 4) is 0 Å². The van der Waals surface area contributed by atoms with Crippen LogP contribution in [0.2, 0.25) is 0 Å². The fourth-order valence-electron chi connectivity index (χ4n) is 5.53. The van der Waals surface area contributed by atoms with Crippen LogP contribution in [0.1, 0.15) is 187 Å². The Morgan fingerprint density at radius 1 is 0.558 bits per heavy atom. The van der Waals surface area contributed by atoms with Crippen LogP contribution in [-0.2, 0) is 4.79 Å². The fraction of sp³-hybridized carbons (Fsp3) is 0.868. The van der Waals surface area contributed by atoms with Gasteiger partial charge in [-0.2, -0.15) is 0 Å². The summed E-state index contributed by atoms with van der Waals surface area (Å²) in [5, 5.41) is 32.9. The highest BCUT2D eigenvalue weighted by molar-refractivity contribution is 5.80. The molecule has 0 aliphatic carbocycles. The van der Waals surface area contributed by atoms with Crippen molar-refractivity contribution in [3.05, 3.63) is 24.3 Å². The summed E-state index contributed by atoms with van der Waals surface area (Å²) in [7, 11) is 0. The van der Waals surface area contributed by atoms with Crippen LogP contribution >= 0.6 is 0 Å². The second kappa shape index (κ2) is 33.7. The van der Waals surface area contributed by atoms with Crippen LogP contribution in [0.15, 0.2) is 24.3 Å². The predicted molar refractivity (Wildman–Crippen MR) is 185 cm³/mol. The lowest BCUT2D eigenvalue weighted by Gasteiger charge is -2.21. The molecule has 0 bridgehead atoms. The molecule has 0 unspecified atom stereocenters. The summed E-state index contributed by atoms with van der Waals surface area (Å²) in [4.78, 5) is 12.4. The minimum absolute atomic E-state index is 0.365. The molecule has 0 heterocycles. The number of aliphatic hydroxyl groups is 3. The van der Waals surface area contributed by atoms with E-state index < -0.39 is 24.2 Å². The molecule has 4 N–H and O–H groups in total. The van der Waals surface area contributed by atoms with E-state index in [0.29, 0.717) is 6.42 Å². The Morgan fingerprint density at radius 3 is 1.35 bits per heavy atom. The van der Waals surface area contributed by atoms with E-state index in [-0.39, 0.29) is 6.61 Å². The number of allylic oxidation sites excluding steroid dienone is 3. The van der Waals surface area contributed by atoms with Gasteiger partial charge in [0, 0.05) is 0 Å². The van der Waals surface area contributed by atoms with Crippen molar-refractivity contribution < 1.29 is 20.1 Å². The summed E-state index contributed by atoms with van der Waals surface area (Å²) in [6.07, 6.45) is 39.0. The molecule has 0 aromatic heterocycles. The van der Waals surface area contributed by atoms with E-state index in [4.69, 9.17) is 0 Å². The zero-order valence-corrected chi connectivity index (χ0v) is 28.6. The van der Waals surface area contributed by atoms with Crippen molar-refractivity contribution in [2.75, 3.05) is 6.61 Å². The molecule has 1 amide bonds. The second-order valence-corrected chi connectivity index (χ2v) is 12.8. The van der Waals surface area contributed by atoms with Crippen molar-refractivity contribution in [2.45, 2.75) is 205 Å². The number of carbonyl (C=O) groups is 1. The van der Waals surface area contributed by atoms with Crippen LogP contribution in [-0.4, -0.2) is 46.1 Å². The normalized spacial score (nSPS) is 14.1. The molecule has 43 heavy (non-hydrogen) atoms. The van der Waals surface area contributed by atoms with Crippen LogP contribution in [0.5, 0.6) is 0 Å². The minimum Gasteiger partial charge on any atom is -0.394 e. The standard InChI is InChI=1S/C38H73NO4/c1-3-5-7-9-11-13-15-17-18-19-20-21-23-24-26-28-30-32-36(41)35(34-40)39-38(43)37(42)33-31-29-27-25-22-16-14-12-10-8-6-4-2/h17-18,30,32,35-37,40-42H,3-16,19-29,31,33-34H2,1-2H3,(H,39,43)/b18-17-,32-30+/t35-,36+,37+/m0/s1. The Morgan fingerprint density at radius 2 is 0.930 bits per heavy atom. The van der Waals surface area contributed by atoms with Crippen LogP contribution in [0.25, 0.3) is 0 Å². The van der Waals surface area contributed by atoms with Crippen molar-refractivity contribution in [1.29, 1.82) is 0 Å². The topological polar surface area (TPSA) is 89.8 Å². The molecule has 5 nitrogen and oxygen atoms in total. The first-order chi connectivity index (χ1) is 21.1. The van der Waals surface area contributed by atoms with Gasteiger partial charge in [0.15, 0.2) is 0 Å². The summed E-state index contributed by atoms with van der Waals surface area (Å²) in [6.45, 7) is 4.15. The van der Waals surface area contributed by atoms with Crippen molar-refractivity contribution in [2.24, 2.45) is 0 Å². The van der Waals surface area contributed by atoms with E-state index in [0.717, 1.165) is 32.1 Å². The Labute approximate surface area is 267 Å². The van der Waals surface area contributed by atoms with Gasteiger partial charge >= 0.3 is 0 Å². The highest BCUT2D eigenvalue weighted by Gasteiger charge is 2.22. The molecule has 0 aliphatic heterocycles. The van der Waals surface area contributed by atoms with Crippen LogP contribution in [0, 0.1) is 0 Å². The molecule has 0 saturated carbocycles. The van der Waals surface area contributed by atoms with Gasteiger partial charge in [0.25, 0.3) is 0 Å². The van der Waals surface area contributed by atoms with E-state index >= 15 is 0 Å². The maximum absolute atomic E-state index is 12.4. The van der Waals surface area contributed by atoms with Crippen LogP contribution < -0.4 is 5.32 Å². The molecule has 3 atom stereocenters. The van der Waals surface area contributed by atoms with Gasteiger partial charge in [-0.1, -0.05) is 167 Å². The number of aliphatic hydroxyl groups excluding tert-OH is 3. The Kier molecular flexibility index (Phi) is 32.8. The monoisotopic (exact) mass is 608 g/mol. The highest BCUT2D eigenvalue weighted by atomic mass is 16.3. The zero-order valence-electron chi connectivity index (χ0n) is 28.6. The minimum atomic E-state index is -1.09. The van der Waals surface area contributed by atoms with Gasteiger partial charge in [-0.3, -0.25) is 4.79 Å². The third kappa shape index (κ3) is 29.3. The number of rotatable bonds is 33. The Bertz CT molecular complexity index is 635. The molecule has 5 heteroatoms. The molecule has 0 saturated heterocycles. The molecule has 0 fully saturated rings. The Balaban J connectivity index is 3.76. The number of carbonyl (C=O) groups excluding carboxylic acids is 1. The first kappa shape index (κ1) is 41.8. The molecular weight excluding hydrogens is 534 g/mol. The van der Waals surface area contributed by atoms with Gasteiger partial charge in [-0.05, 0) is 44.9 Å². The van der Waals surface area contributed by atoms with Crippen LogP contribution in [0.4, 0.5) is 0 Å². The van der Waals surface area contributed by atoms with Gasteiger partial charge in [0.05, 0.1) is 18.8 Å². The summed E-state index contributed by atoms with van der Waals surface area (Å²) in [5.41, 5.74) is 0. The second-order valence-electron chi connectivity index (χ2n) is 12.8. The maximum Gasteiger partial charge on any atom is 0.249 e. The average Bonchev–Trinajstić information content (AvgIpc) is 3.01. The number of amides is 1. The molecule has 0 aromatic carbocycles.